The summed E-state index contributed by atoms with van der Waals surface area (Å²) in [6.07, 6.45) is 3.93. The number of amides is 2. The Bertz CT molecular complexity index is 461. The van der Waals surface area contributed by atoms with Crippen molar-refractivity contribution in [1.29, 1.82) is 0 Å². The summed E-state index contributed by atoms with van der Waals surface area (Å²) in [5.41, 5.74) is 0. The third kappa shape index (κ3) is 3.27. The van der Waals surface area contributed by atoms with Crippen molar-refractivity contribution in [3.05, 3.63) is 24.3 Å². The number of aromatic nitrogens is 2. The summed E-state index contributed by atoms with van der Waals surface area (Å²) in [5.74, 6) is 0.400. The molecule has 0 spiro atoms. The molecule has 19 heavy (non-hydrogen) atoms. The Balaban J connectivity index is 2.16. The summed E-state index contributed by atoms with van der Waals surface area (Å²) in [6, 6.07) is 1.23. The fourth-order valence-corrected chi connectivity index (χ4v) is 2.13. The molecule has 2 amide bonds. The quantitative estimate of drug-likeness (QED) is 0.841. The number of nitrogens with zero attached hydrogens (tertiary/aromatic N) is 3. The molecule has 1 N–H and O–H groups in total. The Morgan fingerprint density at radius 1 is 1.37 bits per heavy atom. The highest BCUT2D eigenvalue weighted by molar-refractivity contribution is 5.90. The van der Waals surface area contributed by atoms with Crippen LogP contribution in [-0.4, -0.2) is 45.3 Å². The maximum absolute atomic E-state index is 12.4. The number of hydrogen-bond donors (Lipinski definition) is 1. The van der Waals surface area contributed by atoms with E-state index in [2.05, 4.69) is 15.3 Å². The van der Waals surface area contributed by atoms with E-state index in [4.69, 9.17) is 0 Å². The average molecular weight is 262 g/mol. The summed E-state index contributed by atoms with van der Waals surface area (Å²) < 4.78 is 0. The first-order chi connectivity index (χ1) is 9.08. The Kier molecular flexibility index (Phi) is 4.09. The van der Waals surface area contributed by atoms with Gasteiger partial charge < -0.3 is 10.2 Å². The minimum absolute atomic E-state index is 0.0618. The van der Waals surface area contributed by atoms with Crippen LogP contribution in [0.15, 0.2) is 18.5 Å². The van der Waals surface area contributed by atoms with Gasteiger partial charge in [0.1, 0.15) is 11.9 Å². The molecule has 102 valence electrons. The van der Waals surface area contributed by atoms with Crippen LogP contribution >= 0.6 is 0 Å². The fraction of sp³-hybridized carbons (Fsp3) is 0.538. The lowest BCUT2D eigenvalue weighted by Crippen LogP contribution is -2.48. The fourth-order valence-electron chi connectivity index (χ4n) is 2.13. The normalized spacial score (nSPS) is 20.4. The second kappa shape index (κ2) is 5.77. The smallest absolute Gasteiger partial charge is 0.245 e. The third-order valence-electron chi connectivity index (χ3n) is 3.13. The van der Waals surface area contributed by atoms with Crippen LogP contribution in [0.5, 0.6) is 0 Å². The molecule has 1 aliphatic rings. The van der Waals surface area contributed by atoms with Gasteiger partial charge in [0, 0.05) is 37.8 Å². The predicted octanol–water partition coefficient (Wildman–Crippen LogP) is 0.145. The Hall–Kier alpha value is -1.98. The van der Waals surface area contributed by atoms with Gasteiger partial charge in [-0.3, -0.25) is 9.59 Å². The zero-order valence-electron chi connectivity index (χ0n) is 11.2. The van der Waals surface area contributed by atoms with Crippen LogP contribution in [0, 0.1) is 0 Å². The number of nitrogens with one attached hydrogen (secondary N) is 1. The van der Waals surface area contributed by atoms with Crippen LogP contribution in [0.25, 0.3) is 0 Å². The molecule has 1 fully saturated rings. The van der Waals surface area contributed by atoms with Gasteiger partial charge in [0.25, 0.3) is 0 Å². The van der Waals surface area contributed by atoms with Crippen LogP contribution in [0.4, 0.5) is 0 Å². The molecule has 1 saturated heterocycles. The molecule has 1 atom stereocenters. The van der Waals surface area contributed by atoms with Gasteiger partial charge in [0.15, 0.2) is 0 Å². The molecule has 2 rings (SSSR count). The summed E-state index contributed by atoms with van der Waals surface area (Å²) in [5, 5.41) is 2.75. The number of carbonyl (C=O) groups excluding carboxylic acids is 2. The van der Waals surface area contributed by atoms with Crippen LogP contribution in [0.3, 0.4) is 0 Å². The zero-order valence-corrected chi connectivity index (χ0v) is 11.2. The van der Waals surface area contributed by atoms with E-state index in [1.165, 1.54) is 0 Å². The molecule has 2 heterocycles. The van der Waals surface area contributed by atoms with Gasteiger partial charge in [-0.1, -0.05) is 0 Å². The Morgan fingerprint density at radius 2 is 2.05 bits per heavy atom. The van der Waals surface area contributed by atoms with E-state index in [0.717, 1.165) is 0 Å². The van der Waals surface area contributed by atoms with Crippen LogP contribution < -0.4 is 5.32 Å². The van der Waals surface area contributed by atoms with Crippen molar-refractivity contribution in [3.63, 3.8) is 0 Å². The lowest BCUT2D eigenvalue weighted by Gasteiger charge is -2.27. The molecule has 0 radical (unpaired) electrons. The van der Waals surface area contributed by atoms with Gasteiger partial charge >= 0.3 is 0 Å². The summed E-state index contributed by atoms with van der Waals surface area (Å²) >= 11 is 0. The topological polar surface area (TPSA) is 75.2 Å². The highest BCUT2D eigenvalue weighted by atomic mass is 16.2. The van der Waals surface area contributed by atoms with E-state index < -0.39 is 6.04 Å². The second-order valence-corrected chi connectivity index (χ2v) is 4.86. The highest BCUT2D eigenvalue weighted by Crippen LogP contribution is 2.10. The van der Waals surface area contributed by atoms with Crippen molar-refractivity contribution < 1.29 is 9.59 Å². The van der Waals surface area contributed by atoms with Gasteiger partial charge in [0.2, 0.25) is 11.8 Å². The van der Waals surface area contributed by atoms with Crippen LogP contribution in [0.2, 0.25) is 0 Å². The SMILES string of the molecule is CC(C)N1CCC(=O)NC(Cc2ncccn2)C1=O. The first-order valence-corrected chi connectivity index (χ1v) is 6.43. The molecule has 1 unspecified atom stereocenters. The van der Waals surface area contributed by atoms with Gasteiger partial charge in [-0.05, 0) is 19.9 Å². The van der Waals surface area contributed by atoms with Crippen molar-refractivity contribution in [2.24, 2.45) is 0 Å². The predicted molar refractivity (Wildman–Crippen MR) is 69.1 cm³/mol. The van der Waals surface area contributed by atoms with Gasteiger partial charge in [-0.15, -0.1) is 0 Å². The van der Waals surface area contributed by atoms with Crippen molar-refractivity contribution in [1.82, 2.24) is 20.2 Å². The Morgan fingerprint density at radius 3 is 2.68 bits per heavy atom. The van der Waals surface area contributed by atoms with E-state index in [1.807, 2.05) is 13.8 Å². The average Bonchev–Trinajstić information content (AvgIpc) is 2.51. The van der Waals surface area contributed by atoms with Crippen LogP contribution in [0.1, 0.15) is 26.1 Å². The van der Waals surface area contributed by atoms with E-state index in [0.29, 0.717) is 25.2 Å². The van der Waals surface area contributed by atoms with Gasteiger partial charge in [-0.2, -0.15) is 0 Å². The van der Waals surface area contributed by atoms with Crippen molar-refractivity contribution >= 4 is 11.8 Å². The molecule has 6 nitrogen and oxygen atoms in total. The molecule has 1 aromatic rings. The number of rotatable bonds is 3. The largest absolute Gasteiger partial charge is 0.344 e. The molecule has 0 saturated carbocycles. The third-order valence-corrected chi connectivity index (χ3v) is 3.13. The van der Waals surface area contributed by atoms with E-state index in [9.17, 15) is 9.59 Å². The maximum atomic E-state index is 12.4. The molecule has 1 aliphatic heterocycles. The van der Waals surface area contributed by atoms with E-state index in [-0.39, 0.29) is 17.9 Å². The standard InChI is InChI=1S/C13H18N4O2/c1-9(2)17-7-4-12(18)16-10(13(17)19)8-11-14-5-3-6-15-11/h3,5-6,9-10H,4,7-8H2,1-2H3,(H,16,18). The summed E-state index contributed by atoms with van der Waals surface area (Å²) in [4.78, 5) is 34.0. The minimum Gasteiger partial charge on any atom is -0.344 e. The van der Waals surface area contributed by atoms with Crippen LogP contribution in [-0.2, 0) is 16.0 Å². The summed E-state index contributed by atoms with van der Waals surface area (Å²) in [7, 11) is 0. The maximum Gasteiger partial charge on any atom is 0.245 e. The number of hydrogen-bond acceptors (Lipinski definition) is 4. The van der Waals surface area contributed by atoms with E-state index in [1.54, 1.807) is 23.4 Å². The molecule has 0 aliphatic carbocycles. The summed E-state index contributed by atoms with van der Waals surface area (Å²) in [6.45, 7) is 4.36. The Labute approximate surface area is 112 Å². The number of carbonyl (C=O) groups is 2. The lowest BCUT2D eigenvalue weighted by atomic mass is 10.1. The van der Waals surface area contributed by atoms with Crippen molar-refractivity contribution in [3.8, 4) is 0 Å². The molecular formula is C13H18N4O2. The molecule has 1 aromatic heterocycles. The molecule has 0 aromatic carbocycles. The lowest BCUT2D eigenvalue weighted by molar-refractivity contribution is -0.135. The van der Waals surface area contributed by atoms with Crippen molar-refractivity contribution in [2.45, 2.75) is 38.8 Å². The molecular weight excluding hydrogens is 244 g/mol. The van der Waals surface area contributed by atoms with Crippen molar-refractivity contribution in [2.75, 3.05) is 6.54 Å². The first kappa shape index (κ1) is 13.5. The molecule has 0 bridgehead atoms. The minimum atomic E-state index is -0.570. The monoisotopic (exact) mass is 262 g/mol. The highest BCUT2D eigenvalue weighted by Gasteiger charge is 2.31. The molecule has 6 heteroatoms. The first-order valence-electron chi connectivity index (χ1n) is 6.43. The zero-order chi connectivity index (χ0) is 13.8. The van der Waals surface area contributed by atoms with Gasteiger partial charge in [0.05, 0.1) is 0 Å². The second-order valence-electron chi connectivity index (χ2n) is 4.86. The van der Waals surface area contributed by atoms with E-state index >= 15 is 0 Å². The van der Waals surface area contributed by atoms with Gasteiger partial charge in [-0.25, -0.2) is 9.97 Å².